The van der Waals surface area contributed by atoms with E-state index >= 15 is 0 Å². The summed E-state index contributed by atoms with van der Waals surface area (Å²) in [5.74, 6) is 0.804. The highest BCUT2D eigenvalue weighted by molar-refractivity contribution is 6.30. The van der Waals surface area contributed by atoms with E-state index in [2.05, 4.69) is 11.9 Å². The molecule has 3 atom stereocenters. The van der Waals surface area contributed by atoms with Gasteiger partial charge in [0, 0.05) is 41.3 Å². The first-order chi connectivity index (χ1) is 15.3. The van der Waals surface area contributed by atoms with Crippen LogP contribution in [-0.4, -0.2) is 43.6 Å². The van der Waals surface area contributed by atoms with Crippen molar-refractivity contribution in [3.63, 3.8) is 0 Å². The maximum absolute atomic E-state index is 13.6. The standard InChI is InChI=1S/C24H25ClN4O3/c1-14-11-27(13-26-14)20-5-6-21-24(31)29(15(2)12-28(21)23(20)30)16(3)18-8-9-32-22-7-4-17(25)10-19(18)22/h4-7,10-11,13,15-16,18H,8-9,12H2,1-3H3. The molecule has 2 aliphatic rings. The number of imidazole rings is 1. The lowest BCUT2D eigenvalue weighted by Gasteiger charge is -2.43. The lowest BCUT2D eigenvalue weighted by atomic mass is 9.85. The van der Waals surface area contributed by atoms with Gasteiger partial charge in [-0.05, 0) is 57.5 Å². The highest BCUT2D eigenvalue weighted by Crippen LogP contribution is 2.40. The van der Waals surface area contributed by atoms with E-state index in [9.17, 15) is 9.59 Å². The Hall–Kier alpha value is -3.06. The van der Waals surface area contributed by atoms with Crippen molar-refractivity contribution in [1.29, 1.82) is 0 Å². The molecule has 8 heteroatoms. The fourth-order valence-corrected chi connectivity index (χ4v) is 5.22. The molecule has 0 fully saturated rings. The molecule has 2 aliphatic heterocycles. The summed E-state index contributed by atoms with van der Waals surface area (Å²) in [6, 6.07) is 8.90. The van der Waals surface area contributed by atoms with Gasteiger partial charge >= 0.3 is 0 Å². The fourth-order valence-electron chi connectivity index (χ4n) is 5.04. The van der Waals surface area contributed by atoms with Gasteiger partial charge in [-0.3, -0.25) is 9.59 Å². The summed E-state index contributed by atoms with van der Waals surface area (Å²) in [6.45, 7) is 6.99. The van der Waals surface area contributed by atoms with Gasteiger partial charge in [0.15, 0.2) is 0 Å². The number of pyridine rings is 1. The molecule has 4 heterocycles. The summed E-state index contributed by atoms with van der Waals surface area (Å²) in [7, 11) is 0. The van der Waals surface area contributed by atoms with Crippen molar-refractivity contribution in [2.24, 2.45) is 0 Å². The van der Waals surface area contributed by atoms with Crippen molar-refractivity contribution in [2.75, 3.05) is 6.61 Å². The molecule has 7 nitrogen and oxygen atoms in total. The highest BCUT2D eigenvalue weighted by Gasteiger charge is 2.39. The number of halogens is 1. The fraction of sp³-hybridized carbons (Fsp3) is 0.375. The monoisotopic (exact) mass is 452 g/mol. The molecule has 166 valence electrons. The Balaban J connectivity index is 1.50. The number of ether oxygens (including phenoxy) is 1. The van der Waals surface area contributed by atoms with Gasteiger partial charge in [0.05, 0.1) is 18.6 Å². The molecule has 32 heavy (non-hydrogen) atoms. The summed E-state index contributed by atoms with van der Waals surface area (Å²) in [4.78, 5) is 32.9. The zero-order valence-corrected chi connectivity index (χ0v) is 19.0. The van der Waals surface area contributed by atoms with Gasteiger partial charge in [0.2, 0.25) is 0 Å². The van der Waals surface area contributed by atoms with E-state index in [0.717, 1.165) is 23.4 Å². The zero-order chi connectivity index (χ0) is 22.6. The van der Waals surface area contributed by atoms with Crippen LogP contribution in [0.5, 0.6) is 5.75 Å². The van der Waals surface area contributed by atoms with Crippen LogP contribution in [0, 0.1) is 6.92 Å². The lowest BCUT2D eigenvalue weighted by Crippen LogP contribution is -2.55. The Morgan fingerprint density at radius 2 is 2.03 bits per heavy atom. The second-order valence-corrected chi connectivity index (χ2v) is 9.11. The van der Waals surface area contributed by atoms with Crippen LogP contribution in [0.3, 0.4) is 0 Å². The summed E-state index contributed by atoms with van der Waals surface area (Å²) >= 11 is 6.26. The molecule has 1 aromatic carbocycles. The molecule has 5 rings (SSSR count). The summed E-state index contributed by atoms with van der Waals surface area (Å²) < 4.78 is 9.11. The zero-order valence-electron chi connectivity index (χ0n) is 18.3. The average Bonchev–Trinajstić information content (AvgIpc) is 3.20. The average molecular weight is 453 g/mol. The number of aryl methyl sites for hydroxylation is 1. The van der Waals surface area contributed by atoms with E-state index in [-0.39, 0.29) is 29.5 Å². The number of hydrogen-bond acceptors (Lipinski definition) is 4. The maximum Gasteiger partial charge on any atom is 0.275 e. The second-order valence-electron chi connectivity index (χ2n) is 8.67. The minimum Gasteiger partial charge on any atom is -0.493 e. The molecular weight excluding hydrogens is 428 g/mol. The van der Waals surface area contributed by atoms with E-state index in [4.69, 9.17) is 16.3 Å². The first-order valence-corrected chi connectivity index (χ1v) is 11.2. The first kappa shape index (κ1) is 20.8. The van der Waals surface area contributed by atoms with Crippen molar-refractivity contribution in [3.8, 4) is 11.4 Å². The molecule has 2 aromatic heterocycles. The Morgan fingerprint density at radius 3 is 2.78 bits per heavy atom. The Bertz CT molecular complexity index is 1260. The number of nitrogens with zero attached hydrogens (tertiary/aromatic N) is 4. The number of carbonyl (C=O) groups is 1. The van der Waals surface area contributed by atoms with Crippen LogP contribution in [0.15, 0.2) is 47.7 Å². The van der Waals surface area contributed by atoms with E-state index in [1.807, 2.05) is 36.9 Å². The molecule has 1 amide bonds. The van der Waals surface area contributed by atoms with E-state index in [0.29, 0.717) is 29.6 Å². The predicted molar refractivity (Wildman–Crippen MR) is 122 cm³/mol. The minimum atomic E-state index is -0.185. The lowest BCUT2D eigenvalue weighted by molar-refractivity contribution is 0.0449. The van der Waals surface area contributed by atoms with Gasteiger partial charge in [-0.2, -0.15) is 0 Å². The van der Waals surface area contributed by atoms with Crippen LogP contribution in [0.1, 0.15) is 47.9 Å². The van der Waals surface area contributed by atoms with Gasteiger partial charge in [0.25, 0.3) is 11.5 Å². The molecule has 0 N–H and O–H groups in total. The normalized spacial score (nSPS) is 21.0. The number of fused-ring (bicyclic) bond motifs is 2. The molecule has 0 spiro atoms. The van der Waals surface area contributed by atoms with Gasteiger partial charge in [0.1, 0.15) is 17.1 Å². The first-order valence-electron chi connectivity index (χ1n) is 10.8. The third kappa shape index (κ3) is 3.32. The van der Waals surface area contributed by atoms with E-state index in [1.54, 1.807) is 33.8 Å². The second kappa shape index (κ2) is 7.81. The minimum absolute atomic E-state index is 0.0709. The number of amides is 1. The Labute approximate surface area is 191 Å². The Morgan fingerprint density at radius 1 is 1.22 bits per heavy atom. The van der Waals surface area contributed by atoms with Crippen molar-refractivity contribution in [1.82, 2.24) is 19.0 Å². The van der Waals surface area contributed by atoms with Crippen LogP contribution >= 0.6 is 11.6 Å². The van der Waals surface area contributed by atoms with Crippen molar-refractivity contribution < 1.29 is 9.53 Å². The number of carbonyl (C=O) groups excluding carboxylic acids is 1. The number of rotatable bonds is 3. The van der Waals surface area contributed by atoms with E-state index < -0.39 is 0 Å². The smallest absolute Gasteiger partial charge is 0.275 e. The number of benzene rings is 1. The molecule has 0 saturated heterocycles. The summed E-state index contributed by atoms with van der Waals surface area (Å²) in [6.07, 6.45) is 4.23. The topological polar surface area (TPSA) is 69.4 Å². The molecule has 0 aliphatic carbocycles. The number of aromatic nitrogens is 3. The molecule has 0 radical (unpaired) electrons. The van der Waals surface area contributed by atoms with Gasteiger partial charge in [-0.25, -0.2) is 4.98 Å². The van der Waals surface area contributed by atoms with Crippen molar-refractivity contribution >= 4 is 17.5 Å². The summed E-state index contributed by atoms with van der Waals surface area (Å²) in [5.41, 5.74) is 2.58. The molecule has 3 aromatic rings. The van der Waals surface area contributed by atoms with Gasteiger partial charge in [-0.15, -0.1) is 0 Å². The van der Waals surface area contributed by atoms with E-state index in [1.165, 1.54) is 0 Å². The van der Waals surface area contributed by atoms with Crippen molar-refractivity contribution in [2.45, 2.75) is 51.7 Å². The van der Waals surface area contributed by atoms with Crippen LogP contribution < -0.4 is 10.3 Å². The van der Waals surface area contributed by atoms with Gasteiger partial charge < -0.3 is 18.8 Å². The molecule has 0 bridgehead atoms. The quantitative estimate of drug-likeness (QED) is 0.606. The van der Waals surface area contributed by atoms with Crippen LogP contribution in [0.4, 0.5) is 0 Å². The van der Waals surface area contributed by atoms with Crippen LogP contribution in [0.2, 0.25) is 5.02 Å². The van der Waals surface area contributed by atoms with Crippen LogP contribution in [0.25, 0.3) is 5.69 Å². The Kier molecular flexibility index (Phi) is 5.08. The summed E-state index contributed by atoms with van der Waals surface area (Å²) in [5, 5.41) is 0.656. The number of hydrogen-bond donors (Lipinski definition) is 0. The predicted octanol–water partition coefficient (Wildman–Crippen LogP) is 3.79. The molecule has 3 unspecified atom stereocenters. The van der Waals surface area contributed by atoms with Crippen molar-refractivity contribution in [3.05, 3.63) is 75.2 Å². The van der Waals surface area contributed by atoms with Gasteiger partial charge in [-0.1, -0.05) is 11.6 Å². The largest absolute Gasteiger partial charge is 0.493 e. The molecule has 0 saturated carbocycles. The van der Waals surface area contributed by atoms with Crippen LogP contribution in [-0.2, 0) is 6.54 Å². The SMILES string of the molecule is Cc1cn(-c2ccc3n(c2=O)CC(C)N(C(C)C2CCOc4ccc(Cl)cc42)C3=O)cn1. The maximum atomic E-state index is 13.6. The molecular formula is C24H25ClN4O3. The highest BCUT2D eigenvalue weighted by atomic mass is 35.5. The third-order valence-electron chi connectivity index (χ3n) is 6.60. The third-order valence-corrected chi connectivity index (χ3v) is 6.83.